The molecular weight excluding hydrogens is 168 g/mol. The Morgan fingerprint density at radius 2 is 2.58 bits per heavy atom. The summed E-state index contributed by atoms with van der Waals surface area (Å²) in [5.41, 5.74) is 6.75. The van der Waals surface area contributed by atoms with Crippen LogP contribution in [-0.2, 0) is 6.42 Å². The molecule has 3 heteroatoms. The van der Waals surface area contributed by atoms with Crippen molar-refractivity contribution in [1.29, 1.82) is 5.26 Å². The SMILES string of the molecule is C=CC(N)c1csc(CC#N)c1. The van der Waals surface area contributed by atoms with Crippen LogP contribution in [0, 0.1) is 11.3 Å². The number of nitriles is 1. The fourth-order valence-electron chi connectivity index (χ4n) is 0.879. The van der Waals surface area contributed by atoms with Crippen molar-refractivity contribution in [3.8, 4) is 6.07 Å². The summed E-state index contributed by atoms with van der Waals surface area (Å²) in [5.74, 6) is 0. The van der Waals surface area contributed by atoms with Gasteiger partial charge in [-0.1, -0.05) is 6.08 Å². The first-order chi connectivity index (χ1) is 5.77. The van der Waals surface area contributed by atoms with E-state index < -0.39 is 0 Å². The van der Waals surface area contributed by atoms with Crippen LogP contribution >= 0.6 is 11.3 Å². The summed E-state index contributed by atoms with van der Waals surface area (Å²) in [5, 5.41) is 10.4. The van der Waals surface area contributed by atoms with Crippen LogP contribution in [0.3, 0.4) is 0 Å². The topological polar surface area (TPSA) is 49.8 Å². The highest BCUT2D eigenvalue weighted by molar-refractivity contribution is 7.10. The fourth-order valence-corrected chi connectivity index (χ4v) is 1.74. The number of hydrogen-bond donors (Lipinski definition) is 1. The van der Waals surface area contributed by atoms with Gasteiger partial charge >= 0.3 is 0 Å². The van der Waals surface area contributed by atoms with Gasteiger partial charge in [-0.2, -0.15) is 5.26 Å². The Labute approximate surface area is 75.9 Å². The van der Waals surface area contributed by atoms with E-state index in [0.717, 1.165) is 10.4 Å². The third-order valence-electron chi connectivity index (χ3n) is 1.57. The van der Waals surface area contributed by atoms with E-state index >= 15 is 0 Å². The van der Waals surface area contributed by atoms with E-state index in [-0.39, 0.29) is 6.04 Å². The molecule has 1 aromatic rings. The van der Waals surface area contributed by atoms with Crippen LogP contribution in [0.25, 0.3) is 0 Å². The molecule has 12 heavy (non-hydrogen) atoms. The van der Waals surface area contributed by atoms with Gasteiger partial charge in [0, 0.05) is 10.9 Å². The van der Waals surface area contributed by atoms with Crippen LogP contribution in [-0.4, -0.2) is 0 Å². The standard InChI is InChI=1S/C9H10N2S/c1-2-9(11)7-5-8(3-4-10)12-6-7/h2,5-6,9H,1,3,11H2. The lowest BCUT2D eigenvalue weighted by Crippen LogP contribution is -2.04. The maximum atomic E-state index is 8.43. The molecule has 1 atom stereocenters. The molecule has 62 valence electrons. The van der Waals surface area contributed by atoms with Gasteiger partial charge < -0.3 is 5.73 Å². The summed E-state index contributed by atoms with van der Waals surface area (Å²) in [6.07, 6.45) is 2.16. The zero-order valence-corrected chi connectivity index (χ0v) is 7.47. The summed E-state index contributed by atoms with van der Waals surface area (Å²) in [4.78, 5) is 1.06. The first-order valence-corrected chi connectivity index (χ1v) is 4.48. The summed E-state index contributed by atoms with van der Waals surface area (Å²) >= 11 is 1.57. The molecule has 0 radical (unpaired) electrons. The Bertz CT molecular complexity index is 309. The molecule has 1 aromatic heterocycles. The molecule has 0 aliphatic heterocycles. The maximum Gasteiger partial charge on any atom is 0.0695 e. The minimum Gasteiger partial charge on any atom is -0.321 e. The van der Waals surface area contributed by atoms with E-state index in [9.17, 15) is 0 Å². The Morgan fingerprint density at radius 3 is 3.17 bits per heavy atom. The lowest BCUT2D eigenvalue weighted by atomic mass is 10.1. The van der Waals surface area contributed by atoms with E-state index in [4.69, 9.17) is 11.0 Å². The van der Waals surface area contributed by atoms with Crippen LogP contribution in [0.4, 0.5) is 0 Å². The van der Waals surface area contributed by atoms with Crippen molar-refractivity contribution >= 4 is 11.3 Å². The summed E-state index contributed by atoms with van der Waals surface area (Å²) < 4.78 is 0. The molecule has 1 rings (SSSR count). The van der Waals surface area contributed by atoms with E-state index in [2.05, 4.69) is 12.6 Å². The second-order valence-electron chi connectivity index (χ2n) is 2.44. The van der Waals surface area contributed by atoms with Crippen molar-refractivity contribution in [3.05, 3.63) is 34.5 Å². The minimum atomic E-state index is -0.103. The van der Waals surface area contributed by atoms with Crippen LogP contribution < -0.4 is 5.73 Å². The Balaban J connectivity index is 2.78. The molecule has 0 fully saturated rings. The first-order valence-electron chi connectivity index (χ1n) is 3.60. The lowest BCUT2D eigenvalue weighted by Gasteiger charge is -1.99. The molecule has 0 aliphatic carbocycles. The van der Waals surface area contributed by atoms with Gasteiger partial charge in [-0.05, 0) is 17.0 Å². The highest BCUT2D eigenvalue weighted by atomic mass is 32.1. The van der Waals surface area contributed by atoms with Crippen molar-refractivity contribution in [2.75, 3.05) is 0 Å². The molecule has 2 N–H and O–H groups in total. The highest BCUT2D eigenvalue weighted by Gasteiger charge is 2.03. The van der Waals surface area contributed by atoms with Crippen molar-refractivity contribution in [1.82, 2.24) is 0 Å². The van der Waals surface area contributed by atoms with Crippen molar-refractivity contribution in [3.63, 3.8) is 0 Å². The predicted molar refractivity (Wildman–Crippen MR) is 50.8 cm³/mol. The van der Waals surface area contributed by atoms with Gasteiger partial charge in [0.15, 0.2) is 0 Å². The maximum absolute atomic E-state index is 8.43. The molecule has 2 nitrogen and oxygen atoms in total. The molecular formula is C9H10N2S. The van der Waals surface area contributed by atoms with Gasteiger partial charge in [0.05, 0.1) is 12.5 Å². The molecule has 0 spiro atoms. The second-order valence-corrected chi connectivity index (χ2v) is 3.44. The zero-order valence-electron chi connectivity index (χ0n) is 6.66. The molecule has 0 saturated carbocycles. The molecule has 0 aromatic carbocycles. The van der Waals surface area contributed by atoms with E-state index in [1.54, 1.807) is 17.4 Å². The van der Waals surface area contributed by atoms with Crippen molar-refractivity contribution in [2.24, 2.45) is 5.73 Å². The van der Waals surface area contributed by atoms with Crippen molar-refractivity contribution in [2.45, 2.75) is 12.5 Å². The van der Waals surface area contributed by atoms with Gasteiger partial charge in [-0.25, -0.2) is 0 Å². The second kappa shape index (κ2) is 4.05. The van der Waals surface area contributed by atoms with Crippen LogP contribution in [0.2, 0.25) is 0 Å². The molecule has 1 heterocycles. The summed E-state index contributed by atoms with van der Waals surface area (Å²) in [6, 6.07) is 3.95. The number of rotatable bonds is 3. The molecule has 0 bridgehead atoms. The third-order valence-corrected chi connectivity index (χ3v) is 2.52. The monoisotopic (exact) mass is 178 g/mol. The van der Waals surface area contributed by atoms with Crippen LogP contribution in [0.1, 0.15) is 16.5 Å². The molecule has 0 saturated heterocycles. The van der Waals surface area contributed by atoms with Gasteiger partial charge in [0.2, 0.25) is 0 Å². The van der Waals surface area contributed by atoms with Gasteiger partial charge in [0.1, 0.15) is 0 Å². The molecule has 0 aliphatic rings. The Hall–Kier alpha value is -1.11. The summed E-state index contributed by atoms with van der Waals surface area (Å²) in [6.45, 7) is 3.61. The van der Waals surface area contributed by atoms with E-state index in [1.807, 2.05) is 11.4 Å². The summed E-state index contributed by atoms with van der Waals surface area (Å²) in [7, 11) is 0. The Kier molecular flexibility index (Phi) is 3.03. The minimum absolute atomic E-state index is 0.103. The number of thiophene rings is 1. The zero-order chi connectivity index (χ0) is 8.97. The largest absolute Gasteiger partial charge is 0.321 e. The lowest BCUT2D eigenvalue weighted by molar-refractivity contribution is 0.919. The smallest absolute Gasteiger partial charge is 0.0695 e. The normalized spacial score (nSPS) is 12.0. The number of nitrogens with two attached hydrogens (primary N) is 1. The van der Waals surface area contributed by atoms with Gasteiger partial charge in [-0.3, -0.25) is 0 Å². The Morgan fingerprint density at radius 1 is 1.83 bits per heavy atom. The van der Waals surface area contributed by atoms with E-state index in [1.165, 1.54) is 0 Å². The fraction of sp³-hybridized carbons (Fsp3) is 0.222. The quantitative estimate of drug-likeness (QED) is 0.720. The third kappa shape index (κ3) is 1.94. The first kappa shape index (κ1) is 8.98. The predicted octanol–water partition coefficient (Wildman–Crippen LogP) is 2.00. The average molecular weight is 178 g/mol. The van der Waals surface area contributed by atoms with Crippen molar-refractivity contribution < 1.29 is 0 Å². The van der Waals surface area contributed by atoms with Gasteiger partial charge in [0.25, 0.3) is 0 Å². The number of hydrogen-bond acceptors (Lipinski definition) is 3. The van der Waals surface area contributed by atoms with E-state index in [0.29, 0.717) is 6.42 Å². The highest BCUT2D eigenvalue weighted by Crippen LogP contribution is 2.20. The van der Waals surface area contributed by atoms with Gasteiger partial charge in [-0.15, -0.1) is 17.9 Å². The molecule has 0 amide bonds. The number of nitrogens with zero attached hydrogens (tertiary/aromatic N) is 1. The van der Waals surface area contributed by atoms with Crippen LogP contribution in [0.15, 0.2) is 24.1 Å². The molecule has 1 unspecified atom stereocenters. The average Bonchev–Trinajstić information content (AvgIpc) is 2.52. The van der Waals surface area contributed by atoms with Crippen LogP contribution in [0.5, 0.6) is 0 Å².